The maximum Gasteiger partial charge on any atom is 0.229 e. The number of nitrogens with one attached hydrogen (secondary N) is 2. The van der Waals surface area contributed by atoms with Crippen molar-refractivity contribution in [3.8, 4) is 5.75 Å². The highest BCUT2D eigenvalue weighted by molar-refractivity contribution is 5.64. The number of methoxy groups -OCH3 is 1. The van der Waals surface area contributed by atoms with Gasteiger partial charge in [0.05, 0.1) is 12.8 Å². The van der Waals surface area contributed by atoms with Crippen molar-refractivity contribution in [2.24, 2.45) is 0 Å². The molecule has 1 aromatic heterocycles. The summed E-state index contributed by atoms with van der Waals surface area (Å²) in [5, 5.41) is 6.45. The van der Waals surface area contributed by atoms with E-state index < -0.39 is 0 Å². The normalized spacial score (nSPS) is 10.5. The number of ether oxygens (including phenoxy) is 1. The summed E-state index contributed by atoms with van der Waals surface area (Å²) in [6.07, 6.45) is 0.574. The fourth-order valence-electron chi connectivity index (χ4n) is 2.78. The molecule has 0 unspecified atom stereocenters. The van der Waals surface area contributed by atoms with Crippen LogP contribution in [0.15, 0.2) is 48.5 Å². The van der Waals surface area contributed by atoms with Crippen LogP contribution in [0.4, 0.5) is 21.8 Å². The summed E-state index contributed by atoms with van der Waals surface area (Å²) in [6.45, 7) is 4.49. The van der Waals surface area contributed by atoms with E-state index >= 15 is 0 Å². The van der Waals surface area contributed by atoms with E-state index in [-0.39, 0.29) is 5.82 Å². The monoisotopic (exact) mass is 366 g/mol. The predicted molar refractivity (Wildman–Crippen MR) is 106 cm³/mol. The topological polar surface area (TPSA) is 59.1 Å². The Morgan fingerprint density at radius 1 is 1.04 bits per heavy atom. The van der Waals surface area contributed by atoms with Gasteiger partial charge >= 0.3 is 0 Å². The molecule has 0 spiro atoms. The molecule has 1 heterocycles. The molecule has 2 aromatic carbocycles. The average molecular weight is 366 g/mol. The third-order valence-corrected chi connectivity index (χ3v) is 4.11. The van der Waals surface area contributed by atoms with Gasteiger partial charge in [0.1, 0.15) is 17.4 Å². The minimum absolute atomic E-state index is 0.188. The van der Waals surface area contributed by atoms with Crippen molar-refractivity contribution in [3.63, 3.8) is 0 Å². The second-order valence-electron chi connectivity index (χ2n) is 6.32. The van der Waals surface area contributed by atoms with Gasteiger partial charge in [-0.05, 0) is 49.6 Å². The summed E-state index contributed by atoms with van der Waals surface area (Å²) in [4.78, 5) is 8.94. The molecule has 140 valence electrons. The summed E-state index contributed by atoms with van der Waals surface area (Å²) in [5.74, 6) is 1.70. The fourth-order valence-corrected chi connectivity index (χ4v) is 2.78. The molecule has 3 aromatic rings. The van der Waals surface area contributed by atoms with Crippen molar-refractivity contribution >= 4 is 17.5 Å². The second-order valence-corrected chi connectivity index (χ2v) is 6.32. The van der Waals surface area contributed by atoms with Crippen LogP contribution in [0.5, 0.6) is 5.75 Å². The quantitative estimate of drug-likeness (QED) is 0.638. The molecule has 0 saturated heterocycles. The van der Waals surface area contributed by atoms with Crippen LogP contribution in [-0.2, 0) is 6.42 Å². The second kappa shape index (κ2) is 8.49. The maximum atomic E-state index is 13.7. The molecule has 0 saturated carbocycles. The van der Waals surface area contributed by atoms with Gasteiger partial charge in [0, 0.05) is 18.3 Å². The summed E-state index contributed by atoms with van der Waals surface area (Å²) < 4.78 is 19.1. The Kier molecular flexibility index (Phi) is 5.86. The van der Waals surface area contributed by atoms with Gasteiger partial charge in [-0.15, -0.1) is 0 Å². The van der Waals surface area contributed by atoms with E-state index in [2.05, 4.69) is 20.6 Å². The lowest BCUT2D eigenvalue weighted by molar-refractivity contribution is 0.416. The summed E-state index contributed by atoms with van der Waals surface area (Å²) in [6, 6.07) is 14.5. The van der Waals surface area contributed by atoms with Gasteiger partial charge in [0.2, 0.25) is 5.95 Å². The van der Waals surface area contributed by atoms with Gasteiger partial charge in [-0.2, -0.15) is 4.98 Å². The highest BCUT2D eigenvalue weighted by Crippen LogP contribution is 2.27. The number of aryl methyl sites for hydroxylation is 2. The van der Waals surface area contributed by atoms with E-state index in [1.807, 2.05) is 44.2 Å². The highest BCUT2D eigenvalue weighted by Gasteiger charge is 2.08. The summed E-state index contributed by atoms with van der Waals surface area (Å²) >= 11 is 0. The highest BCUT2D eigenvalue weighted by atomic mass is 19.1. The lowest BCUT2D eigenvalue weighted by atomic mass is 10.1. The molecule has 5 nitrogen and oxygen atoms in total. The van der Waals surface area contributed by atoms with Gasteiger partial charge in [0.25, 0.3) is 0 Å². The molecule has 3 rings (SSSR count). The van der Waals surface area contributed by atoms with Crippen LogP contribution < -0.4 is 15.4 Å². The Morgan fingerprint density at radius 2 is 1.85 bits per heavy atom. The van der Waals surface area contributed by atoms with Crippen LogP contribution >= 0.6 is 0 Å². The minimum Gasteiger partial charge on any atom is -0.495 e. The predicted octanol–water partition coefficient (Wildman–Crippen LogP) is 4.64. The summed E-state index contributed by atoms with van der Waals surface area (Å²) in [5.41, 5.74) is 3.42. The maximum absolute atomic E-state index is 13.7. The Bertz CT molecular complexity index is 930. The SMILES string of the molecule is COc1ccc(C)cc1Nc1nc(C)cc(NCCc2ccccc2F)n1. The Morgan fingerprint density at radius 3 is 2.63 bits per heavy atom. The largest absolute Gasteiger partial charge is 0.495 e. The molecule has 0 radical (unpaired) electrons. The van der Waals surface area contributed by atoms with Crippen molar-refractivity contribution in [2.75, 3.05) is 24.3 Å². The van der Waals surface area contributed by atoms with E-state index in [4.69, 9.17) is 4.74 Å². The summed E-state index contributed by atoms with van der Waals surface area (Å²) in [7, 11) is 1.63. The number of hydrogen-bond acceptors (Lipinski definition) is 5. The Labute approximate surface area is 158 Å². The third-order valence-electron chi connectivity index (χ3n) is 4.11. The standard InChI is InChI=1S/C21H23FN4O/c1-14-8-9-19(27-3)18(12-14)25-21-24-15(2)13-20(26-21)23-11-10-16-6-4-5-7-17(16)22/h4-9,12-13H,10-11H2,1-3H3,(H2,23,24,25,26). The first kappa shape index (κ1) is 18.6. The molecule has 27 heavy (non-hydrogen) atoms. The molecule has 2 N–H and O–H groups in total. The van der Waals surface area contributed by atoms with Crippen LogP contribution in [0.25, 0.3) is 0 Å². The smallest absolute Gasteiger partial charge is 0.229 e. The van der Waals surface area contributed by atoms with E-state index in [0.717, 1.165) is 22.7 Å². The third kappa shape index (κ3) is 4.94. The van der Waals surface area contributed by atoms with E-state index in [1.54, 1.807) is 19.2 Å². The van der Waals surface area contributed by atoms with Crippen LogP contribution in [0, 0.1) is 19.7 Å². The molecule has 0 aliphatic heterocycles. The van der Waals surface area contributed by atoms with Crippen molar-refractivity contribution in [1.82, 2.24) is 9.97 Å². The van der Waals surface area contributed by atoms with Gasteiger partial charge in [-0.25, -0.2) is 9.37 Å². The van der Waals surface area contributed by atoms with Crippen LogP contribution in [0.3, 0.4) is 0 Å². The molecule has 0 atom stereocenters. The van der Waals surface area contributed by atoms with Gasteiger partial charge in [-0.1, -0.05) is 24.3 Å². The van der Waals surface area contributed by atoms with Gasteiger partial charge in [0.15, 0.2) is 0 Å². The minimum atomic E-state index is -0.188. The first-order valence-electron chi connectivity index (χ1n) is 8.80. The number of aromatic nitrogens is 2. The number of nitrogens with zero attached hydrogens (tertiary/aromatic N) is 2. The van der Waals surface area contributed by atoms with Crippen molar-refractivity contribution in [2.45, 2.75) is 20.3 Å². The zero-order chi connectivity index (χ0) is 19.2. The van der Waals surface area contributed by atoms with Gasteiger partial charge < -0.3 is 15.4 Å². The molecule has 0 bridgehead atoms. The van der Waals surface area contributed by atoms with Crippen molar-refractivity contribution < 1.29 is 9.13 Å². The van der Waals surface area contributed by atoms with E-state index in [9.17, 15) is 4.39 Å². The van der Waals surface area contributed by atoms with Crippen LogP contribution in [-0.4, -0.2) is 23.6 Å². The number of rotatable bonds is 7. The van der Waals surface area contributed by atoms with E-state index in [1.165, 1.54) is 6.07 Å². The first-order chi connectivity index (χ1) is 13.0. The average Bonchev–Trinajstić information content (AvgIpc) is 2.63. The number of benzene rings is 2. The molecule has 0 fully saturated rings. The van der Waals surface area contributed by atoms with Gasteiger partial charge in [-0.3, -0.25) is 0 Å². The molecular weight excluding hydrogens is 343 g/mol. The zero-order valence-corrected chi connectivity index (χ0v) is 15.7. The van der Waals surface area contributed by atoms with E-state index in [0.29, 0.717) is 30.3 Å². The molecular formula is C21H23FN4O. The number of anilines is 3. The van der Waals surface area contributed by atoms with Crippen LogP contribution in [0.2, 0.25) is 0 Å². The van der Waals surface area contributed by atoms with Crippen molar-refractivity contribution in [3.05, 3.63) is 71.2 Å². The Balaban J connectivity index is 1.71. The molecule has 6 heteroatoms. The fraction of sp³-hybridized carbons (Fsp3) is 0.238. The molecule has 0 amide bonds. The molecule has 0 aliphatic carbocycles. The first-order valence-corrected chi connectivity index (χ1v) is 8.80. The van der Waals surface area contributed by atoms with Crippen LogP contribution in [0.1, 0.15) is 16.8 Å². The number of hydrogen-bond donors (Lipinski definition) is 2. The molecule has 0 aliphatic rings. The lowest BCUT2D eigenvalue weighted by Crippen LogP contribution is -2.09. The lowest BCUT2D eigenvalue weighted by Gasteiger charge is -2.13. The number of halogens is 1. The Hall–Kier alpha value is -3.15. The zero-order valence-electron chi connectivity index (χ0n) is 15.7. The van der Waals surface area contributed by atoms with Crippen molar-refractivity contribution in [1.29, 1.82) is 0 Å².